The van der Waals surface area contributed by atoms with Crippen LogP contribution in [0.3, 0.4) is 0 Å². The summed E-state index contributed by atoms with van der Waals surface area (Å²) in [6.45, 7) is 2.69. The van der Waals surface area contributed by atoms with E-state index in [9.17, 15) is 4.79 Å². The highest BCUT2D eigenvalue weighted by molar-refractivity contribution is 9.11. The fourth-order valence-electron chi connectivity index (χ4n) is 1.86. The van der Waals surface area contributed by atoms with Crippen molar-refractivity contribution in [2.45, 2.75) is 26.3 Å². The van der Waals surface area contributed by atoms with Gasteiger partial charge < -0.3 is 5.32 Å². The highest BCUT2D eigenvalue weighted by Gasteiger charge is 2.05. The number of carbonyl (C=O) groups is 1. The van der Waals surface area contributed by atoms with Crippen molar-refractivity contribution in [2.75, 3.05) is 0 Å². The quantitative estimate of drug-likeness (QED) is 0.875. The molecule has 4 heteroatoms. The third kappa shape index (κ3) is 4.48. The summed E-state index contributed by atoms with van der Waals surface area (Å²) < 4.78 is 1.09. The summed E-state index contributed by atoms with van der Waals surface area (Å²) in [5.74, 6) is 0.104. The Morgan fingerprint density at radius 3 is 2.74 bits per heavy atom. The molecule has 1 heterocycles. The first-order chi connectivity index (χ1) is 9.15. The third-order valence-corrected chi connectivity index (χ3v) is 4.59. The Kier molecular flexibility index (Phi) is 5.16. The van der Waals surface area contributed by atoms with Gasteiger partial charge in [0.15, 0.2) is 0 Å². The first-order valence-electron chi connectivity index (χ1n) is 6.20. The molecule has 19 heavy (non-hydrogen) atoms. The number of amides is 1. The Morgan fingerprint density at radius 2 is 2.05 bits per heavy atom. The lowest BCUT2D eigenvalue weighted by molar-refractivity contribution is -0.121. The zero-order valence-corrected chi connectivity index (χ0v) is 13.2. The molecule has 2 aromatic rings. The zero-order valence-electron chi connectivity index (χ0n) is 10.8. The minimum atomic E-state index is 0.104. The number of halogens is 1. The molecule has 0 aliphatic heterocycles. The van der Waals surface area contributed by atoms with Crippen LogP contribution < -0.4 is 5.32 Å². The van der Waals surface area contributed by atoms with Gasteiger partial charge in [0, 0.05) is 11.3 Å². The van der Waals surface area contributed by atoms with E-state index in [-0.39, 0.29) is 5.91 Å². The lowest BCUT2D eigenvalue weighted by Gasteiger charge is -2.06. The number of nitrogens with one attached hydrogen (secondary N) is 1. The highest BCUT2D eigenvalue weighted by Crippen LogP contribution is 2.21. The Balaban J connectivity index is 1.77. The van der Waals surface area contributed by atoms with Gasteiger partial charge in [0.05, 0.1) is 10.3 Å². The Bertz CT molecular complexity index is 565. The fraction of sp³-hybridized carbons (Fsp3) is 0.267. The van der Waals surface area contributed by atoms with Crippen LogP contribution in [0.15, 0.2) is 40.2 Å². The zero-order chi connectivity index (χ0) is 13.7. The van der Waals surface area contributed by atoms with Gasteiger partial charge in [0.1, 0.15) is 0 Å². The Morgan fingerprint density at radius 1 is 1.26 bits per heavy atom. The third-order valence-electron chi connectivity index (χ3n) is 2.97. The molecule has 0 unspecified atom stereocenters. The lowest BCUT2D eigenvalue weighted by Crippen LogP contribution is -2.22. The summed E-state index contributed by atoms with van der Waals surface area (Å²) in [6.07, 6.45) is 1.34. The first kappa shape index (κ1) is 14.3. The van der Waals surface area contributed by atoms with E-state index in [2.05, 4.69) is 40.3 Å². The fourth-order valence-corrected chi connectivity index (χ4v) is 3.28. The molecule has 1 aromatic carbocycles. The van der Waals surface area contributed by atoms with Gasteiger partial charge in [0.25, 0.3) is 0 Å². The smallest absolute Gasteiger partial charge is 0.220 e. The van der Waals surface area contributed by atoms with Crippen LogP contribution in [0.25, 0.3) is 0 Å². The van der Waals surface area contributed by atoms with Crippen LogP contribution in [0.2, 0.25) is 0 Å². The van der Waals surface area contributed by atoms with Crippen molar-refractivity contribution in [3.8, 4) is 0 Å². The number of benzene rings is 1. The summed E-state index contributed by atoms with van der Waals surface area (Å²) in [5.41, 5.74) is 2.49. The number of rotatable bonds is 5. The molecule has 0 spiro atoms. The van der Waals surface area contributed by atoms with Crippen molar-refractivity contribution in [1.29, 1.82) is 0 Å². The van der Waals surface area contributed by atoms with Crippen molar-refractivity contribution in [1.82, 2.24) is 5.32 Å². The normalized spacial score (nSPS) is 10.4. The highest BCUT2D eigenvalue weighted by atomic mass is 79.9. The van der Waals surface area contributed by atoms with Crippen LogP contribution in [0, 0.1) is 6.92 Å². The number of carbonyl (C=O) groups excluding carboxylic acids is 1. The maximum Gasteiger partial charge on any atom is 0.220 e. The van der Waals surface area contributed by atoms with Crippen LogP contribution in [-0.4, -0.2) is 5.91 Å². The maximum atomic E-state index is 11.8. The number of hydrogen-bond acceptors (Lipinski definition) is 2. The summed E-state index contributed by atoms with van der Waals surface area (Å²) in [4.78, 5) is 13.0. The summed E-state index contributed by atoms with van der Waals surface area (Å²) >= 11 is 5.06. The van der Waals surface area contributed by atoms with Crippen LogP contribution in [0.5, 0.6) is 0 Å². The number of aryl methyl sites for hydroxylation is 2. The molecule has 1 aromatic heterocycles. The molecular weight excluding hydrogens is 322 g/mol. The second kappa shape index (κ2) is 6.87. The van der Waals surface area contributed by atoms with Gasteiger partial charge in [-0.1, -0.05) is 24.3 Å². The van der Waals surface area contributed by atoms with Crippen LogP contribution in [-0.2, 0) is 17.8 Å². The second-order valence-electron chi connectivity index (χ2n) is 4.41. The molecule has 0 atom stereocenters. The topological polar surface area (TPSA) is 29.1 Å². The molecule has 1 N–H and O–H groups in total. The van der Waals surface area contributed by atoms with Gasteiger partial charge in [-0.15, -0.1) is 11.3 Å². The molecular formula is C15H16BrNOS. The van der Waals surface area contributed by atoms with Crippen molar-refractivity contribution in [3.05, 3.63) is 56.2 Å². The van der Waals surface area contributed by atoms with Crippen molar-refractivity contribution in [3.63, 3.8) is 0 Å². The monoisotopic (exact) mass is 337 g/mol. The largest absolute Gasteiger partial charge is 0.351 e. The van der Waals surface area contributed by atoms with Crippen molar-refractivity contribution in [2.24, 2.45) is 0 Å². The van der Waals surface area contributed by atoms with Crippen LogP contribution in [0.1, 0.15) is 22.4 Å². The van der Waals surface area contributed by atoms with E-state index in [0.717, 1.165) is 15.1 Å². The van der Waals surface area contributed by atoms with Crippen LogP contribution in [0.4, 0.5) is 0 Å². The molecule has 2 rings (SSSR count). The summed E-state index contributed by atoms with van der Waals surface area (Å²) in [6, 6.07) is 12.2. The molecule has 0 aliphatic carbocycles. The summed E-state index contributed by atoms with van der Waals surface area (Å²) in [7, 11) is 0. The molecule has 0 saturated carbocycles. The molecule has 100 valence electrons. The molecule has 1 amide bonds. The second-order valence-corrected chi connectivity index (χ2v) is 6.96. The van der Waals surface area contributed by atoms with Gasteiger partial charge in [-0.05, 0) is 52.5 Å². The van der Waals surface area contributed by atoms with E-state index in [4.69, 9.17) is 0 Å². The predicted molar refractivity (Wildman–Crippen MR) is 83.4 cm³/mol. The van der Waals surface area contributed by atoms with E-state index >= 15 is 0 Å². The minimum Gasteiger partial charge on any atom is -0.351 e. The van der Waals surface area contributed by atoms with Gasteiger partial charge in [-0.3, -0.25) is 4.79 Å². The van der Waals surface area contributed by atoms with Gasteiger partial charge >= 0.3 is 0 Å². The standard InChI is InChI=1S/C15H16BrNOS/c1-11-4-2-3-5-12(11)6-9-15(18)17-10-13-7-8-14(16)19-13/h2-5,7-8H,6,9-10H2,1H3,(H,17,18). The molecule has 0 saturated heterocycles. The van der Waals surface area contributed by atoms with E-state index in [1.54, 1.807) is 11.3 Å². The van der Waals surface area contributed by atoms with E-state index < -0.39 is 0 Å². The molecule has 2 nitrogen and oxygen atoms in total. The molecule has 0 radical (unpaired) electrons. The van der Waals surface area contributed by atoms with Gasteiger partial charge in [-0.2, -0.15) is 0 Å². The van der Waals surface area contributed by atoms with Crippen molar-refractivity contribution >= 4 is 33.2 Å². The van der Waals surface area contributed by atoms with Gasteiger partial charge in [0.2, 0.25) is 5.91 Å². The number of hydrogen-bond donors (Lipinski definition) is 1. The average molecular weight is 338 g/mol. The van der Waals surface area contributed by atoms with Crippen molar-refractivity contribution < 1.29 is 4.79 Å². The Hall–Kier alpha value is -1.13. The SMILES string of the molecule is Cc1ccccc1CCC(=O)NCc1ccc(Br)s1. The number of thiophene rings is 1. The lowest BCUT2D eigenvalue weighted by atomic mass is 10.0. The molecule has 0 aliphatic rings. The summed E-state index contributed by atoms with van der Waals surface area (Å²) in [5, 5.41) is 2.95. The van der Waals surface area contributed by atoms with Gasteiger partial charge in [-0.25, -0.2) is 0 Å². The molecule has 0 fully saturated rings. The average Bonchev–Trinajstić information content (AvgIpc) is 2.81. The maximum absolute atomic E-state index is 11.8. The van der Waals surface area contributed by atoms with E-state index in [1.807, 2.05) is 24.3 Å². The minimum absolute atomic E-state index is 0.104. The first-order valence-corrected chi connectivity index (χ1v) is 7.81. The van der Waals surface area contributed by atoms with E-state index in [1.165, 1.54) is 11.1 Å². The molecule has 0 bridgehead atoms. The Labute approximate surface area is 126 Å². The van der Waals surface area contributed by atoms with E-state index in [0.29, 0.717) is 13.0 Å². The predicted octanol–water partition coefficient (Wildman–Crippen LogP) is 4.07. The van der Waals surface area contributed by atoms with Crippen LogP contribution >= 0.6 is 27.3 Å².